The minimum absolute atomic E-state index is 0.166. The Labute approximate surface area is 125 Å². The highest BCUT2D eigenvalue weighted by atomic mass is 35.5. The van der Waals surface area contributed by atoms with E-state index in [9.17, 15) is 14.4 Å². The first-order valence-corrected chi connectivity index (χ1v) is 6.43. The second kappa shape index (κ2) is 6.04. The van der Waals surface area contributed by atoms with Crippen molar-refractivity contribution in [3.8, 4) is 6.07 Å². The number of ketones is 1. The van der Waals surface area contributed by atoms with Crippen LogP contribution in [0.5, 0.6) is 0 Å². The standard InChI is InChI=1S/C15H8Cl2FNO/c16-10-3-1-2-9(6-10)13(8-19)15(20)12-5-4-11(17)7-14(12)18/h1-7,13H. The Balaban J connectivity index is 2.42. The van der Waals surface area contributed by atoms with Gasteiger partial charge in [-0.15, -0.1) is 0 Å². The van der Waals surface area contributed by atoms with Crippen molar-refractivity contribution in [1.82, 2.24) is 0 Å². The normalized spacial score (nSPS) is 11.7. The number of Topliss-reactive ketones (excluding diaryl/α,β-unsaturated/α-hetero) is 1. The monoisotopic (exact) mass is 307 g/mol. The maximum absolute atomic E-state index is 13.8. The van der Waals surface area contributed by atoms with Crippen LogP contribution < -0.4 is 0 Å². The van der Waals surface area contributed by atoms with Gasteiger partial charge in [-0.3, -0.25) is 4.79 Å². The van der Waals surface area contributed by atoms with Gasteiger partial charge in [0, 0.05) is 10.0 Å². The molecule has 20 heavy (non-hydrogen) atoms. The van der Waals surface area contributed by atoms with Crippen LogP contribution in [0, 0.1) is 17.1 Å². The molecule has 0 saturated carbocycles. The van der Waals surface area contributed by atoms with E-state index < -0.39 is 17.5 Å². The lowest BCUT2D eigenvalue weighted by Gasteiger charge is -2.10. The van der Waals surface area contributed by atoms with E-state index >= 15 is 0 Å². The summed E-state index contributed by atoms with van der Waals surface area (Å²) in [5, 5.41) is 9.78. The molecule has 0 saturated heterocycles. The largest absolute Gasteiger partial charge is 0.292 e. The van der Waals surface area contributed by atoms with Gasteiger partial charge in [-0.2, -0.15) is 5.26 Å². The molecule has 0 heterocycles. The maximum atomic E-state index is 13.8. The van der Waals surface area contributed by atoms with E-state index in [4.69, 9.17) is 23.2 Å². The van der Waals surface area contributed by atoms with Crippen molar-refractivity contribution in [2.45, 2.75) is 5.92 Å². The summed E-state index contributed by atoms with van der Waals surface area (Å²) in [6, 6.07) is 12.0. The molecule has 1 atom stereocenters. The van der Waals surface area contributed by atoms with Crippen LogP contribution in [0.4, 0.5) is 4.39 Å². The number of benzene rings is 2. The molecule has 0 fully saturated rings. The van der Waals surface area contributed by atoms with Crippen molar-refractivity contribution in [1.29, 1.82) is 5.26 Å². The van der Waals surface area contributed by atoms with Gasteiger partial charge in [0.25, 0.3) is 0 Å². The molecule has 1 unspecified atom stereocenters. The third-order valence-electron chi connectivity index (χ3n) is 2.77. The Morgan fingerprint density at radius 1 is 1.15 bits per heavy atom. The first-order valence-electron chi connectivity index (χ1n) is 5.67. The predicted octanol–water partition coefficient (Wildman–Crippen LogP) is 4.62. The van der Waals surface area contributed by atoms with E-state index in [0.29, 0.717) is 10.6 Å². The second-order valence-corrected chi connectivity index (χ2v) is 4.98. The van der Waals surface area contributed by atoms with Gasteiger partial charge in [-0.1, -0.05) is 35.3 Å². The van der Waals surface area contributed by atoms with Crippen LogP contribution in [0.1, 0.15) is 21.8 Å². The summed E-state index contributed by atoms with van der Waals surface area (Å²) in [7, 11) is 0. The number of hydrogen-bond donors (Lipinski definition) is 0. The second-order valence-electron chi connectivity index (χ2n) is 4.11. The molecule has 0 spiro atoms. The molecule has 0 radical (unpaired) electrons. The van der Waals surface area contributed by atoms with E-state index in [1.807, 2.05) is 6.07 Å². The van der Waals surface area contributed by atoms with Crippen LogP contribution in [-0.4, -0.2) is 5.78 Å². The van der Waals surface area contributed by atoms with Crippen LogP contribution in [0.15, 0.2) is 42.5 Å². The fourth-order valence-corrected chi connectivity index (χ4v) is 2.17. The van der Waals surface area contributed by atoms with Gasteiger partial charge in [-0.05, 0) is 35.9 Å². The maximum Gasteiger partial charge on any atom is 0.187 e. The number of rotatable bonds is 3. The Morgan fingerprint density at radius 2 is 1.85 bits per heavy atom. The topological polar surface area (TPSA) is 40.9 Å². The summed E-state index contributed by atoms with van der Waals surface area (Å²) in [6.45, 7) is 0. The highest BCUT2D eigenvalue weighted by Crippen LogP contribution is 2.25. The van der Waals surface area contributed by atoms with Gasteiger partial charge < -0.3 is 0 Å². The summed E-state index contributed by atoms with van der Waals surface area (Å²) in [5.74, 6) is -2.47. The third-order valence-corrected chi connectivity index (χ3v) is 3.24. The Kier molecular flexibility index (Phi) is 4.39. The molecular weight excluding hydrogens is 300 g/mol. The van der Waals surface area contributed by atoms with Gasteiger partial charge in [0.2, 0.25) is 0 Å². The van der Waals surface area contributed by atoms with E-state index in [0.717, 1.165) is 6.07 Å². The zero-order valence-corrected chi connectivity index (χ0v) is 11.6. The molecule has 2 nitrogen and oxygen atoms in total. The van der Waals surface area contributed by atoms with Crippen molar-refractivity contribution >= 4 is 29.0 Å². The highest BCUT2D eigenvalue weighted by Gasteiger charge is 2.24. The van der Waals surface area contributed by atoms with Crippen LogP contribution >= 0.6 is 23.2 Å². The molecule has 0 aromatic heterocycles. The SMILES string of the molecule is N#CC(C(=O)c1ccc(Cl)cc1F)c1cccc(Cl)c1. The van der Waals surface area contributed by atoms with Crippen molar-refractivity contribution in [2.75, 3.05) is 0 Å². The van der Waals surface area contributed by atoms with Crippen molar-refractivity contribution in [3.63, 3.8) is 0 Å². The summed E-state index contributed by atoms with van der Waals surface area (Å²) < 4.78 is 13.8. The average molecular weight is 308 g/mol. The first-order chi connectivity index (χ1) is 9.52. The summed E-state index contributed by atoms with van der Waals surface area (Å²) >= 11 is 11.5. The van der Waals surface area contributed by atoms with Gasteiger partial charge in [-0.25, -0.2) is 4.39 Å². The minimum atomic E-state index is -1.11. The predicted molar refractivity (Wildman–Crippen MR) is 75.5 cm³/mol. The number of nitriles is 1. The molecule has 0 bridgehead atoms. The quantitative estimate of drug-likeness (QED) is 0.776. The lowest BCUT2D eigenvalue weighted by molar-refractivity contribution is 0.0975. The zero-order valence-electron chi connectivity index (χ0n) is 10.1. The zero-order chi connectivity index (χ0) is 14.7. The van der Waals surface area contributed by atoms with Gasteiger partial charge in [0.1, 0.15) is 11.7 Å². The Bertz CT molecular complexity index is 709. The molecule has 0 aliphatic heterocycles. The number of hydrogen-bond acceptors (Lipinski definition) is 2. The molecule has 0 amide bonds. The third kappa shape index (κ3) is 2.98. The number of halogens is 3. The van der Waals surface area contributed by atoms with Crippen molar-refractivity contribution < 1.29 is 9.18 Å². The fraction of sp³-hybridized carbons (Fsp3) is 0.0667. The smallest absolute Gasteiger partial charge is 0.187 e. The Morgan fingerprint density at radius 3 is 2.45 bits per heavy atom. The van der Waals surface area contributed by atoms with Crippen molar-refractivity contribution in [2.24, 2.45) is 0 Å². The summed E-state index contributed by atoms with van der Waals surface area (Å²) in [5.41, 5.74) is 0.264. The van der Waals surface area contributed by atoms with Crippen LogP contribution in [0.3, 0.4) is 0 Å². The molecule has 0 aliphatic carbocycles. The summed E-state index contributed by atoms with van der Waals surface area (Å²) in [6.07, 6.45) is 0. The lowest BCUT2D eigenvalue weighted by Crippen LogP contribution is -2.13. The first kappa shape index (κ1) is 14.5. The molecule has 2 rings (SSSR count). The molecule has 2 aromatic rings. The lowest BCUT2D eigenvalue weighted by atomic mass is 9.91. The van der Waals surface area contributed by atoms with Crippen molar-refractivity contribution in [3.05, 3.63) is 69.5 Å². The van der Waals surface area contributed by atoms with Crippen LogP contribution in [0.25, 0.3) is 0 Å². The number of carbonyl (C=O) groups is 1. The minimum Gasteiger partial charge on any atom is -0.292 e. The number of nitrogens with zero attached hydrogens (tertiary/aromatic N) is 1. The molecule has 5 heteroatoms. The fourth-order valence-electron chi connectivity index (χ4n) is 1.82. The molecule has 100 valence electrons. The van der Waals surface area contributed by atoms with E-state index in [-0.39, 0.29) is 10.6 Å². The average Bonchev–Trinajstić information content (AvgIpc) is 2.39. The molecule has 0 N–H and O–H groups in total. The van der Waals surface area contributed by atoms with E-state index in [2.05, 4.69) is 0 Å². The molecule has 2 aromatic carbocycles. The van der Waals surface area contributed by atoms with Gasteiger partial charge in [0.05, 0.1) is 11.6 Å². The highest BCUT2D eigenvalue weighted by molar-refractivity contribution is 6.31. The molecule has 0 aliphatic rings. The van der Waals surface area contributed by atoms with E-state index in [1.165, 1.54) is 18.2 Å². The van der Waals surface area contributed by atoms with Gasteiger partial charge in [0.15, 0.2) is 5.78 Å². The molecular formula is C15H8Cl2FNO. The Hall–Kier alpha value is -1.89. The van der Waals surface area contributed by atoms with Crippen LogP contribution in [0.2, 0.25) is 10.0 Å². The number of carbonyl (C=O) groups excluding carboxylic acids is 1. The van der Waals surface area contributed by atoms with E-state index in [1.54, 1.807) is 18.2 Å². The summed E-state index contributed by atoms with van der Waals surface area (Å²) in [4.78, 5) is 12.3. The van der Waals surface area contributed by atoms with Crippen LogP contribution in [-0.2, 0) is 0 Å². The van der Waals surface area contributed by atoms with Gasteiger partial charge >= 0.3 is 0 Å².